The zero-order chi connectivity index (χ0) is 19.3. The van der Waals surface area contributed by atoms with Gasteiger partial charge in [-0.05, 0) is 43.9 Å². The minimum atomic E-state index is -4.50. The molecule has 3 fully saturated rings. The summed E-state index contributed by atoms with van der Waals surface area (Å²) in [6.07, 6.45) is -1.56. The van der Waals surface area contributed by atoms with Gasteiger partial charge in [0, 0.05) is 36.5 Å². The van der Waals surface area contributed by atoms with Crippen molar-refractivity contribution in [1.82, 2.24) is 9.80 Å². The Morgan fingerprint density at radius 3 is 2.11 bits per heavy atom. The van der Waals surface area contributed by atoms with E-state index in [4.69, 9.17) is 0 Å². The molecule has 0 radical (unpaired) electrons. The average molecular weight is 380 g/mol. The number of likely N-dealkylation sites (tertiary alicyclic amines) is 1. The molecular weight excluding hydrogens is 361 g/mol. The Bertz CT molecular complexity index is 778. The minimum absolute atomic E-state index is 0.0218. The van der Waals surface area contributed by atoms with E-state index in [1.807, 2.05) is 0 Å². The number of rotatable bonds is 2. The van der Waals surface area contributed by atoms with Crippen molar-refractivity contribution in [2.45, 2.75) is 62.8 Å². The van der Waals surface area contributed by atoms with Crippen molar-refractivity contribution >= 4 is 17.7 Å². The molecule has 0 saturated carbocycles. The van der Waals surface area contributed by atoms with Crippen LogP contribution >= 0.6 is 0 Å². The summed E-state index contributed by atoms with van der Waals surface area (Å²) in [5.74, 6) is -0.741. The maximum atomic E-state index is 12.9. The van der Waals surface area contributed by atoms with Gasteiger partial charge in [0.2, 0.25) is 11.8 Å². The van der Waals surface area contributed by atoms with Crippen molar-refractivity contribution in [2.75, 3.05) is 0 Å². The third kappa shape index (κ3) is 3.11. The first-order chi connectivity index (χ1) is 12.8. The summed E-state index contributed by atoms with van der Waals surface area (Å²) < 4.78 is 38.8. The van der Waals surface area contributed by atoms with Crippen molar-refractivity contribution in [1.29, 1.82) is 0 Å². The van der Waals surface area contributed by atoms with E-state index in [0.29, 0.717) is 12.8 Å². The molecule has 3 aliphatic heterocycles. The zero-order valence-electron chi connectivity index (χ0n) is 14.5. The van der Waals surface area contributed by atoms with E-state index in [-0.39, 0.29) is 48.3 Å². The van der Waals surface area contributed by atoms with Crippen LogP contribution in [0.5, 0.6) is 0 Å². The number of benzene rings is 1. The minimum Gasteiger partial charge on any atom is -0.333 e. The fourth-order valence-electron chi connectivity index (χ4n) is 4.67. The van der Waals surface area contributed by atoms with Gasteiger partial charge in [-0.2, -0.15) is 13.2 Å². The second-order valence-electron chi connectivity index (χ2n) is 7.46. The first kappa shape index (κ1) is 18.0. The van der Waals surface area contributed by atoms with Crippen LogP contribution in [0.4, 0.5) is 13.2 Å². The first-order valence-corrected chi connectivity index (χ1v) is 9.10. The maximum Gasteiger partial charge on any atom is 0.416 e. The van der Waals surface area contributed by atoms with Crippen molar-refractivity contribution < 1.29 is 27.6 Å². The van der Waals surface area contributed by atoms with Gasteiger partial charge < -0.3 is 4.90 Å². The molecule has 3 amide bonds. The number of nitrogens with zero attached hydrogens (tertiary/aromatic N) is 2. The summed E-state index contributed by atoms with van der Waals surface area (Å²) >= 11 is 0. The van der Waals surface area contributed by atoms with Gasteiger partial charge in [0.25, 0.3) is 5.91 Å². The summed E-state index contributed by atoms with van der Waals surface area (Å²) in [5, 5.41) is 0. The molecule has 3 heterocycles. The standard InChI is InChI=1S/C19H19F3N2O3/c20-19(21,22)12-3-1-2-11(8-12)18(27)23-13-4-5-14(23)10-15(9-13)24-16(25)6-7-17(24)26/h1-3,8,13-15H,4-7,9-10H2. The summed E-state index contributed by atoms with van der Waals surface area (Å²) in [5.41, 5.74) is -0.822. The lowest BCUT2D eigenvalue weighted by Gasteiger charge is -2.41. The molecule has 1 aromatic carbocycles. The Morgan fingerprint density at radius 2 is 1.56 bits per heavy atom. The van der Waals surface area contributed by atoms with Crippen molar-refractivity contribution in [3.05, 3.63) is 35.4 Å². The molecule has 2 atom stereocenters. The molecule has 2 bridgehead atoms. The summed E-state index contributed by atoms with van der Waals surface area (Å²) in [6, 6.07) is 3.96. The van der Waals surface area contributed by atoms with Crippen LogP contribution in [0.1, 0.15) is 54.4 Å². The van der Waals surface area contributed by atoms with Gasteiger partial charge in [0.1, 0.15) is 0 Å². The fraction of sp³-hybridized carbons (Fsp3) is 0.526. The highest BCUT2D eigenvalue weighted by Crippen LogP contribution is 2.40. The molecule has 3 aliphatic rings. The van der Waals surface area contributed by atoms with Gasteiger partial charge in [-0.15, -0.1) is 0 Å². The van der Waals surface area contributed by atoms with E-state index < -0.39 is 17.6 Å². The summed E-state index contributed by atoms with van der Waals surface area (Å²) in [4.78, 5) is 39.9. The molecular formula is C19H19F3N2O3. The van der Waals surface area contributed by atoms with Gasteiger partial charge in [0.05, 0.1) is 5.56 Å². The number of piperidine rings is 1. The Labute approximate surface area is 154 Å². The Balaban J connectivity index is 1.54. The second-order valence-corrected chi connectivity index (χ2v) is 7.46. The highest BCUT2D eigenvalue weighted by atomic mass is 19.4. The number of amides is 3. The van der Waals surface area contributed by atoms with E-state index >= 15 is 0 Å². The fourth-order valence-corrected chi connectivity index (χ4v) is 4.67. The highest BCUT2D eigenvalue weighted by Gasteiger charge is 2.48. The highest BCUT2D eigenvalue weighted by molar-refractivity contribution is 6.02. The lowest BCUT2D eigenvalue weighted by Crippen LogP contribution is -2.53. The van der Waals surface area contributed by atoms with Crippen LogP contribution in [0.3, 0.4) is 0 Å². The molecule has 2 unspecified atom stereocenters. The number of carbonyl (C=O) groups is 3. The Morgan fingerprint density at radius 1 is 0.963 bits per heavy atom. The number of hydrogen-bond acceptors (Lipinski definition) is 3. The van der Waals surface area contributed by atoms with Crippen molar-refractivity contribution in [3.8, 4) is 0 Å². The summed E-state index contributed by atoms with van der Waals surface area (Å²) in [7, 11) is 0. The second kappa shape index (κ2) is 6.35. The van der Waals surface area contributed by atoms with Gasteiger partial charge in [-0.1, -0.05) is 6.07 Å². The third-order valence-corrected chi connectivity index (χ3v) is 5.83. The topological polar surface area (TPSA) is 57.7 Å². The normalized spacial score (nSPS) is 28.2. The SMILES string of the molecule is O=C1CCC(=O)N1C1CC2CCC(C1)N2C(=O)c1cccc(C(F)(F)F)c1. The molecule has 0 aliphatic carbocycles. The number of hydrogen-bond donors (Lipinski definition) is 0. The monoisotopic (exact) mass is 380 g/mol. The van der Waals surface area contributed by atoms with Crippen LogP contribution in [-0.2, 0) is 15.8 Å². The Hall–Kier alpha value is -2.38. The summed E-state index contributed by atoms with van der Waals surface area (Å²) in [6.45, 7) is 0. The molecule has 0 aromatic heterocycles. The quantitative estimate of drug-likeness (QED) is 0.742. The number of imide groups is 1. The van der Waals surface area contributed by atoms with Crippen molar-refractivity contribution in [2.24, 2.45) is 0 Å². The average Bonchev–Trinajstić information content (AvgIpc) is 3.09. The molecule has 8 heteroatoms. The van der Waals surface area contributed by atoms with Gasteiger partial charge >= 0.3 is 6.18 Å². The number of alkyl halides is 3. The molecule has 3 saturated heterocycles. The molecule has 144 valence electrons. The smallest absolute Gasteiger partial charge is 0.333 e. The molecule has 27 heavy (non-hydrogen) atoms. The number of halogens is 3. The molecule has 5 nitrogen and oxygen atoms in total. The van der Waals surface area contributed by atoms with E-state index in [2.05, 4.69) is 0 Å². The molecule has 0 spiro atoms. The van der Waals surface area contributed by atoms with Crippen LogP contribution in [0.15, 0.2) is 24.3 Å². The lowest BCUT2D eigenvalue weighted by molar-refractivity contribution is -0.142. The zero-order valence-corrected chi connectivity index (χ0v) is 14.5. The largest absolute Gasteiger partial charge is 0.416 e. The van der Waals surface area contributed by atoms with E-state index in [1.54, 1.807) is 4.90 Å². The molecule has 0 N–H and O–H groups in total. The predicted octanol–water partition coefficient (Wildman–Crippen LogP) is 2.99. The third-order valence-electron chi connectivity index (χ3n) is 5.83. The van der Waals surface area contributed by atoms with Crippen LogP contribution in [0.25, 0.3) is 0 Å². The first-order valence-electron chi connectivity index (χ1n) is 9.10. The van der Waals surface area contributed by atoms with E-state index in [9.17, 15) is 27.6 Å². The van der Waals surface area contributed by atoms with Crippen LogP contribution in [0.2, 0.25) is 0 Å². The number of fused-ring (bicyclic) bond motifs is 2. The Kier molecular flexibility index (Phi) is 4.24. The molecule has 4 rings (SSSR count). The maximum absolute atomic E-state index is 12.9. The predicted molar refractivity (Wildman–Crippen MR) is 88.5 cm³/mol. The van der Waals surface area contributed by atoms with Crippen LogP contribution < -0.4 is 0 Å². The van der Waals surface area contributed by atoms with Gasteiger partial charge in [-0.25, -0.2) is 0 Å². The van der Waals surface area contributed by atoms with E-state index in [1.165, 1.54) is 17.0 Å². The van der Waals surface area contributed by atoms with Crippen LogP contribution in [-0.4, -0.2) is 45.6 Å². The van der Waals surface area contributed by atoms with Gasteiger partial charge in [0.15, 0.2) is 0 Å². The van der Waals surface area contributed by atoms with Crippen LogP contribution in [0, 0.1) is 0 Å². The van der Waals surface area contributed by atoms with Crippen molar-refractivity contribution in [3.63, 3.8) is 0 Å². The van der Waals surface area contributed by atoms with E-state index in [0.717, 1.165) is 25.0 Å². The lowest BCUT2D eigenvalue weighted by atomic mass is 9.95. The molecule has 1 aromatic rings. The number of carbonyl (C=O) groups excluding carboxylic acids is 3. The van der Waals surface area contributed by atoms with Gasteiger partial charge in [-0.3, -0.25) is 19.3 Å².